The molecule has 0 radical (unpaired) electrons. The highest BCUT2D eigenvalue weighted by atomic mass is 16.5. The highest BCUT2D eigenvalue weighted by Gasteiger charge is 2.21. The van der Waals surface area contributed by atoms with Crippen molar-refractivity contribution >= 4 is 17.6 Å². The number of amides is 1. The van der Waals surface area contributed by atoms with Gasteiger partial charge in [0.25, 0.3) is 5.91 Å². The van der Waals surface area contributed by atoms with Crippen molar-refractivity contribution in [1.29, 1.82) is 0 Å². The fourth-order valence-corrected chi connectivity index (χ4v) is 1.62. The highest BCUT2D eigenvalue weighted by molar-refractivity contribution is 5.91. The number of anilines is 1. The molecule has 0 fully saturated rings. The van der Waals surface area contributed by atoms with Crippen LogP contribution in [0.1, 0.15) is 38.1 Å². The lowest BCUT2D eigenvalue weighted by Gasteiger charge is -2.24. The van der Waals surface area contributed by atoms with Crippen LogP contribution in [0, 0.1) is 0 Å². The normalized spacial score (nSPS) is 12.4. The Labute approximate surface area is 124 Å². The fraction of sp³-hybridized carbons (Fsp3) is 0.467. The number of nitrogens with one attached hydrogen (secondary N) is 1. The van der Waals surface area contributed by atoms with Crippen LogP contribution in [0.25, 0.3) is 0 Å². The molecule has 1 amide bonds. The number of carbonyl (C=O) groups excluding carboxylic acids is 2. The molecule has 0 heterocycles. The Morgan fingerprint density at radius 3 is 2.38 bits per heavy atom. The first kappa shape index (κ1) is 16.8. The van der Waals surface area contributed by atoms with Gasteiger partial charge in [0.2, 0.25) is 0 Å². The molecular weight excluding hydrogens is 272 g/mol. The minimum atomic E-state index is -0.699. The number of rotatable bonds is 4. The Kier molecular flexibility index (Phi) is 5.18. The lowest BCUT2D eigenvalue weighted by atomic mass is 10.1. The smallest absolute Gasteiger partial charge is 0.337 e. The topological polar surface area (TPSA) is 90.6 Å². The van der Waals surface area contributed by atoms with Crippen molar-refractivity contribution in [3.8, 4) is 5.75 Å². The van der Waals surface area contributed by atoms with E-state index in [0.717, 1.165) is 0 Å². The summed E-state index contributed by atoms with van der Waals surface area (Å²) in [4.78, 5) is 23.3. The number of nitrogens with two attached hydrogens (primary N) is 1. The molecule has 0 aromatic heterocycles. The first-order valence-electron chi connectivity index (χ1n) is 6.60. The average Bonchev–Trinajstić information content (AvgIpc) is 2.38. The van der Waals surface area contributed by atoms with Crippen LogP contribution in [0.3, 0.4) is 0 Å². The van der Waals surface area contributed by atoms with E-state index in [1.165, 1.54) is 19.2 Å². The van der Waals surface area contributed by atoms with Gasteiger partial charge in [0.1, 0.15) is 5.75 Å². The second-order valence-electron chi connectivity index (χ2n) is 5.74. The molecule has 0 aliphatic rings. The van der Waals surface area contributed by atoms with Gasteiger partial charge in [-0.3, -0.25) is 4.79 Å². The van der Waals surface area contributed by atoms with Crippen LogP contribution in [0.15, 0.2) is 18.2 Å². The van der Waals surface area contributed by atoms with Crippen molar-refractivity contribution < 1.29 is 19.1 Å². The van der Waals surface area contributed by atoms with Gasteiger partial charge in [-0.2, -0.15) is 0 Å². The summed E-state index contributed by atoms with van der Waals surface area (Å²) in [6, 6.07) is 4.53. The van der Waals surface area contributed by atoms with E-state index in [9.17, 15) is 9.59 Å². The molecule has 0 spiro atoms. The fourth-order valence-electron chi connectivity index (χ4n) is 1.62. The Balaban J connectivity index is 2.79. The van der Waals surface area contributed by atoms with Crippen molar-refractivity contribution in [3.63, 3.8) is 0 Å². The molecule has 1 rings (SSSR count). The summed E-state index contributed by atoms with van der Waals surface area (Å²) >= 11 is 0. The summed E-state index contributed by atoms with van der Waals surface area (Å²) in [5, 5.41) is 2.82. The number of esters is 1. The summed E-state index contributed by atoms with van der Waals surface area (Å²) in [6.07, 6.45) is -0.699. The number of nitrogen functional groups attached to an aromatic ring is 1. The van der Waals surface area contributed by atoms with Gasteiger partial charge >= 0.3 is 5.97 Å². The zero-order valence-electron chi connectivity index (χ0n) is 13.0. The molecule has 0 aliphatic heterocycles. The number of hydrogen-bond acceptors (Lipinski definition) is 5. The maximum absolute atomic E-state index is 11.9. The van der Waals surface area contributed by atoms with Crippen LogP contribution in [-0.4, -0.2) is 30.6 Å². The van der Waals surface area contributed by atoms with Crippen LogP contribution in [-0.2, 0) is 9.53 Å². The molecule has 6 heteroatoms. The number of carbonyl (C=O) groups is 2. The van der Waals surface area contributed by atoms with Crippen LogP contribution >= 0.6 is 0 Å². The molecule has 3 N–H and O–H groups in total. The van der Waals surface area contributed by atoms with E-state index in [4.69, 9.17) is 10.5 Å². The van der Waals surface area contributed by atoms with Gasteiger partial charge in [-0.1, -0.05) is 0 Å². The van der Waals surface area contributed by atoms with E-state index in [1.807, 2.05) is 20.8 Å². The molecule has 1 unspecified atom stereocenters. The zero-order chi connectivity index (χ0) is 16.2. The minimum Gasteiger partial charge on any atom is -0.479 e. The Morgan fingerprint density at radius 1 is 1.29 bits per heavy atom. The molecule has 116 valence electrons. The van der Waals surface area contributed by atoms with Gasteiger partial charge in [0.15, 0.2) is 6.10 Å². The summed E-state index contributed by atoms with van der Waals surface area (Å²) in [5.74, 6) is -0.370. The third kappa shape index (κ3) is 4.98. The molecule has 1 atom stereocenters. The standard InChI is InChI=1S/C15H22N2O4/c1-9(13(18)17-15(2,3)4)21-12-7-6-10(8-11(12)16)14(19)20-5/h6-9H,16H2,1-5H3,(H,17,18). The van der Waals surface area contributed by atoms with Crippen molar-refractivity contribution in [3.05, 3.63) is 23.8 Å². The van der Waals surface area contributed by atoms with Crippen LogP contribution in [0.4, 0.5) is 5.69 Å². The quantitative estimate of drug-likeness (QED) is 0.652. The first-order valence-corrected chi connectivity index (χ1v) is 6.60. The second kappa shape index (κ2) is 6.47. The highest BCUT2D eigenvalue weighted by Crippen LogP contribution is 2.24. The monoisotopic (exact) mass is 294 g/mol. The number of ether oxygens (including phenoxy) is 2. The molecular formula is C15H22N2O4. The Bertz CT molecular complexity index is 535. The zero-order valence-corrected chi connectivity index (χ0v) is 13.0. The Morgan fingerprint density at radius 2 is 1.90 bits per heavy atom. The summed E-state index contributed by atoms with van der Waals surface area (Å²) < 4.78 is 10.1. The maximum atomic E-state index is 11.9. The largest absolute Gasteiger partial charge is 0.479 e. The van der Waals surface area contributed by atoms with E-state index >= 15 is 0 Å². The van der Waals surface area contributed by atoms with Crippen molar-refractivity contribution in [2.24, 2.45) is 0 Å². The summed E-state index contributed by atoms with van der Waals surface area (Å²) in [7, 11) is 1.29. The van der Waals surface area contributed by atoms with Gasteiger partial charge in [0, 0.05) is 5.54 Å². The molecule has 1 aromatic rings. The van der Waals surface area contributed by atoms with Crippen LogP contribution in [0.5, 0.6) is 5.75 Å². The predicted molar refractivity (Wildman–Crippen MR) is 80.2 cm³/mol. The number of methoxy groups -OCH3 is 1. The molecule has 1 aromatic carbocycles. The van der Waals surface area contributed by atoms with E-state index in [0.29, 0.717) is 11.3 Å². The summed E-state index contributed by atoms with van der Waals surface area (Å²) in [5.41, 5.74) is 6.09. The SMILES string of the molecule is COC(=O)c1ccc(OC(C)C(=O)NC(C)(C)C)c(N)c1. The third-order valence-electron chi connectivity index (χ3n) is 2.60. The van der Waals surface area contributed by atoms with E-state index in [-0.39, 0.29) is 17.1 Å². The van der Waals surface area contributed by atoms with Crippen molar-refractivity contribution in [1.82, 2.24) is 5.32 Å². The van der Waals surface area contributed by atoms with Crippen molar-refractivity contribution in [2.75, 3.05) is 12.8 Å². The van der Waals surface area contributed by atoms with Crippen LogP contribution in [0.2, 0.25) is 0 Å². The van der Waals surface area contributed by atoms with Gasteiger partial charge in [-0.15, -0.1) is 0 Å². The van der Waals surface area contributed by atoms with Crippen LogP contribution < -0.4 is 15.8 Å². The average molecular weight is 294 g/mol. The maximum Gasteiger partial charge on any atom is 0.337 e. The first-order chi connectivity index (χ1) is 9.64. The lowest BCUT2D eigenvalue weighted by Crippen LogP contribution is -2.46. The minimum absolute atomic E-state index is 0.237. The number of benzene rings is 1. The van der Waals surface area contributed by atoms with E-state index in [1.54, 1.807) is 13.0 Å². The van der Waals surface area contributed by atoms with Gasteiger partial charge in [-0.25, -0.2) is 4.79 Å². The molecule has 0 saturated carbocycles. The van der Waals surface area contributed by atoms with E-state index in [2.05, 4.69) is 10.1 Å². The number of hydrogen-bond donors (Lipinski definition) is 2. The van der Waals surface area contributed by atoms with Crippen molar-refractivity contribution in [2.45, 2.75) is 39.3 Å². The molecule has 21 heavy (non-hydrogen) atoms. The van der Waals surface area contributed by atoms with Gasteiger partial charge < -0.3 is 20.5 Å². The predicted octanol–water partition coefficient (Wildman–Crippen LogP) is 1.74. The second-order valence-corrected chi connectivity index (χ2v) is 5.74. The molecule has 6 nitrogen and oxygen atoms in total. The lowest BCUT2D eigenvalue weighted by molar-refractivity contribution is -0.128. The molecule has 0 aliphatic carbocycles. The molecule has 0 bridgehead atoms. The summed E-state index contributed by atoms with van der Waals surface area (Å²) in [6.45, 7) is 7.29. The van der Waals surface area contributed by atoms with E-state index < -0.39 is 12.1 Å². The Hall–Kier alpha value is -2.24. The third-order valence-corrected chi connectivity index (χ3v) is 2.60. The van der Waals surface area contributed by atoms with Gasteiger partial charge in [-0.05, 0) is 45.9 Å². The van der Waals surface area contributed by atoms with Gasteiger partial charge in [0.05, 0.1) is 18.4 Å². The molecule has 0 saturated heterocycles.